The molecular formula is C14H23N4O2. The molecule has 20 heavy (non-hydrogen) atoms. The van der Waals surface area contributed by atoms with Gasteiger partial charge in [-0.15, -0.1) is 0 Å². The lowest BCUT2D eigenvalue weighted by molar-refractivity contribution is -0.200. The van der Waals surface area contributed by atoms with E-state index < -0.39 is 11.1 Å². The van der Waals surface area contributed by atoms with Crippen molar-refractivity contribution in [2.45, 2.75) is 64.5 Å². The summed E-state index contributed by atoms with van der Waals surface area (Å²) in [6.07, 6.45) is 5.75. The lowest BCUT2D eigenvalue weighted by Crippen LogP contribution is -2.59. The second kappa shape index (κ2) is 5.18. The highest BCUT2D eigenvalue weighted by Gasteiger charge is 2.63. The predicted molar refractivity (Wildman–Crippen MR) is 76.8 cm³/mol. The Morgan fingerprint density at radius 3 is 1.80 bits per heavy atom. The van der Waals surface area contributed by atoms with E-state index in [-0.39, 0.29) is 11.6 Å². The van der Waals surface area contributed by atoms with Crippen molar-refractivity contribution < 1.29 is 10.4 Å². The average Bonchev–Trinajstić information content (AvgIpc) is 3.03. The Morgan fingerprint density at radius 1 is 1.00 bits per heavy atom. The number of hydroxylamine groups is 4. The van der Waals surface area contributed by atoms with Gasteiger partial charge >= 0.3 is 0 Å². The molecule has 1 radical (unpaired) electrons. The minimum atomic E-state index is -0.652. The zero-order chi connectivity index (χ0) is 15.0. The lowest BCUT2D eigenvalue weighted by atomic mass is 9.70. The van der Waals surface area contributed by atoms with Crippen LogP contribution in [0.2, 0.25) is 0 Å². The molecule has 2 rings (SSSR count). The summed E-state index contributed by atoms with van der Waals surface area (Å²) in [5.41, 5.74) is -1.25. The molecule has 6 heteroatoms. The Bertz CT molecular complexity index is 422. The second-order valence-electron chi connectivity index (χ2n) is 5.29. The highest BCUT2D eigenvalue weighted by atomic mass is 16.6. The van der Waals surface area contributed by atoms with Gasteiger partial charge in [-0.2, -0.15) is 5.06 Å². The van der Waals surface area contributed by atoms with Crippen molar-refractivity contribution in [2.24, 2.45) is 9.98 Å². The van der Waals surface area contributed by atoms with E-state index in [1.165, 1.54) is 12.4 Å². The van der Waals surface area contributed by atoms with E-state index in [9.17, 15) is 10.4 Å². The smallest absolute Gasteiger partial charge is 0.202 e. The predicted octanol–water partition coefficient (Wildman–Crippen LogP) is 2.74. The van der Waals surface area contributed by atoms with Crippen LogP contribution in [-0.2, 0) is 5.21 Å². The minimum Gasteiger partial charge on any atom is -0.286 e. The summed E-state index contributed by atoms with van der Waals surface area (Å²) in [4.78, 5) is 8.15. The molecule has 0 unspecified atom stereocenters. The van der Waals surface area contributed by atoms with Crippen LogP contribution in [-0.4, -0.2) is 38.8 Å². The van der Waals surface area contributed by atoms with Crippen LogP contribution in [0.4, 0.5) is 0 Å². The van der Waals surface area contributed by atoms with E-state index in [1.807, 2.05) is 27.7 Å². The maximum Gasteiger partial charge on any atom is 0.202 e. The van der Waals surface area contributed by atoms with Gasteiger partial charge in [0.15, 0.2) is 5.82 Å². The Morgan fingerprint density at radius 2 is 1.45 bits per heavy atom. The van der Waals surface area contributed by atoms with Crippen molar-refractivity contribution in [1.82, 2.24) is 10.1 Å². The van der Waals surface area contributed by atoms with Gasteiger partial charge in [-0.1, -0.05) is 32.9 Å². The summed E-state index contributed by atoms with van der Waals surface area (Å²) in [7, 11) is 0. The third-order valence-electron chi connectivity index (χ3n) is 5.05. The largest absolute Gasteiger partial charge is 0.286 e. The molecular weight excluding hydrogens is 256 g/mol. The molecule has 111 valence electrons. The standard InChI is InChI=1S/C14H23N4O2/c1-5-13(6-2)14(7-3,8-4)18(20)12(17(13)19)11-15-9-10-16-11/h9-10,19H,5-8H2,1-4H3. The van der Waals surface area contributed by atoms with Crippen molar-refractivity contribution in [2.75, 3.05) is 0 Å². The molecule has 0 bridgehead atoms. The zero-order valence-electron chi connectivity index (χ0n) is 12.6. The Kier molecular flexibility index (Phi) is 3.88. The molecule has 1 fully saturated rings. The topological polar surface area (TPSA) is 71.3 Å². The molecule has 0 amide bonds. The molecule has 1 N–H and O–H groups in total. The first-order valence-corrected chi connectivity index (χ1v) is 7.32. The normalized spacial score (nSPS) is 23.3. The van der Waals surface area contributed by atoms with Crippen molar-refractivity contribution in [3.05, 3.63) is 11.6 Å². The lowest BCUT2D eigenvalue weighted by Gasteiger charge is -2.45. The molecule has 6 nitrogen and oxygen atoms in total. The number of hydrogen-bond donors (Lipinski definition) is 1. The fraction of sp³-hybridized carbons (Fsp3) is 0.714. The first-order chi connectivity index (χ1) is 9.54. The van der Waals surface area contributed by atoms with Gasteiger partial charge in [0.25, 0.3) is 0 Å². The van der Waals surface area contributed by atoms with Crippen LogP contribution < -0.4 is 0 Å². The monoisotopic (exact) mass is 279 g/mol. The highest BCUT2D eigenvalue weighted by Crippen LogP contribution is 2.52. The van der Waals surface area contributed by atoms with Crippen LogP contribution >= 0.6 is 0 Å². The van der Waals surface area contributed by atoms with E-state index in [4.69, 9.17) is 0 Å². The van der Waals surface area contributed by atoms with Gasteiger partial charge in [0.1, 0.15) is 0 Å². The fourth-order valence-corrected chi connectivity index (χ4v) is 3.82. The summed E-state index contributed by atoms with van der Waals surface area (Å²) in [5.74, 6) is 0.458. The SMILES string of the molecule is CCC1(CC)N([O])C(=C2N=CC=N2)N(O)C1(CC)CC. The summed E-state index contributed by atoms with van der Waals surface area (Å²) in [5, 5.41) is 25.7. The van der Waals surface area contributed by atoms with Crippen LogP contribution in [0.25, 0.3) is 0 Å². The van der Waals surface area contributed by atoms with Crippen LogP contribution in [0.15, 0.2) is 21.6 Å². The summed E-state index contributed by atoms with van der Waals surface area (Å²) in [6.45, 7) is 8.01. The van der Waals surface area contributed by atoms with Gasteiger partial charge in [-0.3, -0.25) is 5.21 Å². The second-order valence-corrected chi connectivity index (χ2v) is 5.29. The molecule has 0 atom stereocenters. The van der Waals surface area contributed by atoms with Crippen LogP contribution in [0.5, 0.6) is 0 Å². The molecule has 0 aliphatic carbocycles. The fourth-order valence-electron chi connectivity index (χ4n) is 3.82. The third-order valence-corrected chi connectivity index (χ3v) is 5.05. The van der Waals surface area contributed by atoms with Gasteiger partial charge < -0.3 is 0 Å². The van der Waals surface area contributed by atoms with Gasteiger partial charge in [0.2, 0.25) is 5.82 Å². The molecule has 2 aliphatic rings. The third kappa shape index (κ3) is 1.58. The van der Waals surface area contributed by atoms with Crippen molar-refractivity contribution in [1.29, 1.82) is 0 Å². The Hall–Kier alpha value is -1.40. The van der Waals surface area contributed by atoms with E-state index >= 15 is 0 Å². The van der Waals surface area contributed by atoms with Crippen molar-refractivity contribution >= 4 is 12.4 Å². The quantitative estimate of drug-likeness (QED) is 0.860. The number of aliphatic imine (C=N–C) groups is 2. The molecule has 0 saturated carbocycles. The van der Waals surface area contributed by atoms with E-state index in [0.29, 0.717) is 25.7 Å². The molecule has 0 aromatic carbocycles. The minimum absolute atomic E-state index is 0.169. The van der Waals surface area contributed by atoms with Crippen molar-refractivity contribution in [3.63, 3.8) is 0 Å². The van der Waals surface area contributed by atoms with Crippen LogP contribution in [0.3, 0.4) is 0 Å². The van der Waals surface area contributed by atoms with Crippen molar-refractivity contribution in [3.8, 4) is 0 Å². The maximum absolute atomic E-state index is 12.9. The zero-order valence-corrected chi connectivity index (χ0v) is 12.6. The van der Waals surface area contributed by atoms with Crippen LogP contribution in [0.1, 0.15) is 53.4 Å². The first-order valence-electron chi connectivity index (χ1n) is 7.32. The molecule has 0 aromatic rings. The number of rotatable bonds is 4. The number of nitrogens with zero attached hydrogens (tertiary/aromatic N) is 4. The molecule has 0 spiro atoms. The summed E-state index contributed by atoms with van der Waals surface area (Å²) < 4.78 is 0. The Labute approximate surface area is 120 Å². The van der Waals surface area contributed by atoms with Gasteiger partial charge in [-0.25, -0.2) is 15.0 Å². The molecule has 1 saturated heterocycles. The van der Waals surface area contributed by atoms with Gasteiger partial charge in [0.05, 0.1) is 11.1 Å². The summed E-state index contributed by atoms with van der Waals surface area (Å²) >= 11 is 0. The highest BCUT2D eigenvalue weighted by molar-refractivity contribution is 6.18. The first kappa shape index (κ1) is 15.0. The van der Waals surface area contributed by atoms with Crippen LogP contribution in [0, 0.1) is 0 Å². The average molecular weight is 279 g/mol. The van der Waals surface area contributed by atoms with Gasteiger partial charge in [-0.05, 0) is 25.7 Å². The maximum atomic E-state index is 12.9. The summed E-state index contributed by atoms with van der Waals surface area (Å²) in [6, 6.07) is 0. The van der Waals surface area contributed by atoms with E-state index in [1.54, 1.807) is 0 Å². The van der Waals surface area contributed by atoms with Gasteiger partial charge in [0, 0.05) is 12.4 Å². The van der Waals surface area contributed by atoms with E-state index in [0.717, 1.165) is 10.1 Å². The molecule has 0 aromatic heterocycles. The van der Waals surface area contributed by atoms with E-state index in [2.05, 4.69) is 9.98 Å². The molecule has 2 heterocycles. The number of hydrogen-bond acceptors (Lipinski definition) is 5. The Balaban J connectivity index is 2.66. The molecule has 2 aliphatic heterocycles.